The summed E-state index contributed by atoms with van der Waals surface area (Å²) in [5, 5.41) is 3.04. The van der Waals surface area contributed by atoms with Crippen LogP contribution in [0.15, 0.2) is 12.1 Å². The van der Waals surface area contributed by atoms with E-state index in [-0.39, 0.29) is 5.41 Å². The Balaban J connectivity index is 2.51. The van der Waals surface area contributed by atoms with E-state index in [1.807, 2.05) is 13.8 Å². The first-order valence-electron chi connectivity index (χ1n) is 4.63. The van der Waals surface area contributed by atoms with Gasteiger partial charge in [0.15, 0.2) is 0 Å². The molecule has 5 heteroatoms. The molecule has 0 aliphatic carbocycles. The Morgan fingerprint density at radius 1 is 1.33 bits per heavy atom. The number of nitrogens with zero attached hydrogens (tertiary/aromatic N) is 1. The van der Waals surface area contributed by atoms with Crippen LogP contribution < -0.4 is 5.32 Å². The van der Waals surface area contributed by atoms with E-state index < -0.39 is 11.9 Å². The summed E-state index contributed by atoms with van der Waals surface area (Å²) in [6, 6.07) is 2.45. The van der Waals surface area contributed by atoms with Crippen molar-refractivity contribution in [2.24, 2.45) is 0 Å². The predicted octanol–water partition coefficient (Wildman–Crippen LogP) is 2.80. The van der Waals surface area contributed by atoms with E-state index in [0.717, 1.165) is 6.07 Å². The van der Waals surface area contributed by atoms with Gasteiger partial charge in [0.2, 0.25) is 0 Å². The summed E-state index contributed by atoms with van der Waals surface area (Å²) < 4.78 is 37.3. The predicted molar refractivity (Wildman–Crippen MR) is 50.8 cm³/mol. The molecule has 0 fully saturated rings. The fourth-order valence-electron chi connectivity index (χ4n) is 1.68. The molecule has 1 N–H and O–H groups in total. The van der Waals surface area contributed by atoms with E-state index in [1.165, 1.54) is 6.07 Å². The van der Waals surface area contributed by atoms with Gasteiger partial charge in [0.25, 0.3) is 0 Å². The molecule has 2 heterocycles. The highest BCUT2D eigenvalue weighted by atomic mass is 19.4. The molecule has 1 aromatic heterocycles. The molecule has 0 spiro atoms. The molecular formula is C10H11F3N2. The lowest BCUT2D eigenvalue weighted by Crippen LogP contribution is -2.21. The van der Waals surface area contributed by atoms with Gasteiger partial charge in [-0.2, -0.15) is 13.2 Å². The number of fused-ring (bicyclic) bond motifs is 1. The molecule has 2 rings (SSSR count). The zero-order valence-electron chi connectivity index (χ0n) is 8.44. The number of alkyl halides is 3. The average Bonchev–Trinajstić information content (AvgIpc) is 2.41. The van der Waals surface area contributed by atoms with Crippen molar-refractivity contribution in [1.82, 2.24) is 4.98 Å². The summed E-state index contributed by atoms with van der Waals surface area (Å²) in [5.74, 6) is 0. The Morgan fingerprint density at radius 3 is 2.60 bits per heavy atom. The van der Waals surface area contributed by atoms with Crippen LogP contribution in [0.5, 0.6) is 0 Å². The molecule has 0 amide bonds. The minimum Gasteiger partial charge on any atom is -0.383 e. The highest BCUT2D eigenvalue weighted by molar-refractivity contribution is 5.57. The van der Waals surface area contributed by atoms with Gasteiger partial charge in [-0.3, -0.25) is 0 Å². The van der Waals surface area contributed by atoms with Gasteiger partial charge in [0.05, 0.1) is 11.4 Å². The molecule has 0 unspecified atom stereocenters. The number of hydrogen-bond acceptors (Lipinski definition) is 2. The fraction of sp³-hybridized carbons (Fsp3) is 0.500. The Kier molecular flexibility index (Phi) is 1.96. The van der Waals surface area contributed by atoms with E-state index in [4.69, 9.17) is 0 Å². The number of hydrogen-bond donors (Lipinski definition) is 1. The molecule has 0 saturated heterocycles. The van der Waals surface area contributed by atoms with Crippen molar-refractivity contribution in [1.29, 1.82) is 0 Å². The van der Waals surface area contributed by atoms with E-state index in [9.17, 15) is 13.2 Å². The second-order valence-corrected chi connectivity index (χ2v) is 4.33. The van der Waals surface area contributed by atoms with E-state index >= 15 is 0 Å². The number of anilines is 1. The monoisotopic (exact) mass is 216 g/mol. The van der Waals surface area contributed by atoms with Crippen LogP contribution in [0.4, 0.5) is 18.9 Å². The van der Waals surface area contributed by atoms with E-state index in [0.29, 0.717) is 17.9 Å². The first-order valence-corrected chi connectivity index (χ1v) is 4.63. The standard InChI is InChI=1S/C10H11F3N2/c1-9(2)5-14-6-3-4-7(10(11,12)13)15-8(6)9/h3-4,14H,5H2,1-2H3. The van der Waals surface area contributed by atoms with E-state index in [1.54, 1.807) is 0 Å². The van der Waals surface area contributed by atoms with Crippen LogP contribution in [0.1, 0.15) is 25.2 Å². The van der Waals surface area contributed by atoms with Gasteiger partial charge in [-0.1, -0.05) is 13.8 Å². The van der Waals surface area contributed by atoms with Gasteiger partial charge >= 0.3 is 6.18 Å². The molecule has 0 radical (unpaired) electrons. The van der Waals surface area contributed by atoms with Gasteiger partial charge in [-0.15, -0.1) is 0 Å². The second-order valence-electron chi connectivity index (χ2n) is 4.33. The Hall–Kier alpha value is -1.26. The fourth-order valence-corrected chi connectivity index (χ4v) is 1.68. The van der Waals surface area contributed by atoms with Crippen molar-refractivity contribution in [2.45, 2.75) is 25.4 Å². The van der Waals surface area contributed by atoms with Crippen molar-refractivity contribution in [3.63, 3.8) is 0 Å². The average molecular weight is 216 g/mol. The summed E-state index contributed by atoms with van der Waals surface area (Å²) in [4.78, 5) is 3.69. The lowest BCUT2D eigenvalue weighted by atomic mass is 9.91. The molecule has 0 saturated carbocycles. The smallest absolute Gasteiger partial charge is 0.383 e. The normalized spacial score (nSPS) is 18.5. The third-order valence-electron chi connectivity index (χ3n) is 2.55. The van der Waals surface area contributed by atoms with Gasteiger partial charge in [-0.05, 0) is 12.1 Å². The van der Waals surface area contributed by atoms with E-state index in [2.05, 4.69) is 10.3 Å². The maximum atomic E-state index is 12.4. The van der Waals surface area contributed by atoms with Crippen LogP contribution in [0.25, 0.3) is 0 Å². The summed E-state index contributed by atoms with van der Waals surface area (Å²) >= 11 is 0. The van der Waals surface area contributed by atoms with Crippen molar-refractivity contribution in [3.8, 4) is 0 Å². The highest BCUT2D eigenvalue weighted by Gasteiger charge is 2.37. The molecular weight excluding hydrogens is 205 g/mol. The quantitative estimate of drug-likeness (QED) is 0.721. The van der Waals surface area contributed by atoms with Crippen molar-refractivity contribution in [3.05, 3.63) is 23.5 Å². The van der Waals surface area contributed by atoms with Crippen LogP contribution in [-0.2, 0) is 11.6 Å². The molecule has 82 valence electrons. The maximum absolute atomic E-state index is 12.4. The number of pyridine rings is 1. The van der Waals surface area contributed by atoms with Crippen molar-refractivity contribution in [2.75, 3.05) is 11.9 Å². The number of halogens is 3. The van der Waals surface area contributed by atoms with Crippen LogP contribution in [0, 0.1) is 0 Å². The molecule has 0 atom stereocenters. The molecule has 0 aromatic carbocycles. The molecule has 1 aromatic rings. The molecule has 1 aliphatic heterocycles. The molecule has 0 bridgehead atoms. The first-order chi connectivity index (χ1) is 6.81. The number of rotatable bonds is 0. The SMILES string of the molecule is CC1(C)CNc2ccc(C(F)(F)F)nc21. The first kappa shape index (κ1) is 10.3. The third kappa shape index (κ3) is 1.66. The van der Waals surface area contributed by atoms with Gasteiger partial charge in [0, 0.05) is 12.0 Å². The lowest BCUT2D eigenvalue weighted by molar-refractivity contribution is -0.141. The van der Waals surface area contributed by atoms with Gasteiger partial charge in [0.1, 0.15) is 5.69 Å². The third-order valence-corrected chi connectivity index (χ3v) is 2.55. The van der Waals surface area contributed by atoms with Gasteiger partial charge < -0.3 is 5.32 Å². The minimum atomic E-state index is -4.37. The topological polar surface area (TPSA) is 24.9 Å². The summed E-state index contributed by atoms with van der Waals surface area (Å²) in [5.41, 5.74) is 0.0414. The van der Waals surface area contributed by atoms with Crippen LogP contribution in [0.2, 0.25) is 0 Å². The Bertz CT molecular complexity index is 396. The van der Waals surface area contributed by atoms with Crippen molar-refractivity contribution < 1.29 is 13.2 Å². The van der Waals surface area contributed by atoms with Crippen molar-refractivity contribution >= 4 is 5.69 Å². The maximum Gasteiger partial charge on any atom is 0.433 e. The lowest BCUT2D eigenvalue weighted by Gasteiger charge is -2.16. The molecule has 15 heavy (non-hydrogen) atoms. The molecule has 1 aliphatic rings. The zero-order chi connectivity index (χ0) is 11.3. The highest BCUT2D eigenvalue weighted by Crippen LogP contribution is 2.37. The zero-order valence-corrected chi connectivity index (χ0v) is 8.44. The van der Waals surface area contributed by atoms with Gasteiger partial charge in [-0.25, -0.2) is 4.98 Å². The van der Waals surface area contributed by atoms with Crippen LogP contribution >= 0.6 is 0 Å². The number of nitrogens with one attached hydrogen (secondary N) is 1. The Morgan fingerprint density at radius 2 is 2.00 bits per heavy atom. The largest absolute Gasteiger partial charge is 0.433 e. The summed E-state index contributed by atoms with van der Waals surface area (Å²) in [7, 11) is 0. The van der Waals surface area contributed by atoms with Crippen LogP contribution in [-0.4, -0.2) is 11.5 Å². The summed E-state index contributed by atoms with van der Waals surface area (Å²) in [6.45, 7) is 4.37. The minimum absolute atomic E-state index is 0.337. The van der Waals surface area contributed by atoms with Crippen LogP contribution in [0.3, 0.4) is 0 Å². The number of aromatic nitrogens is 1. The second kappa shape index (κ2) is 2.87. The molecule has 2 nitrogen and oxygen atoms in total. The summed E-state index contributed by atoms with van der Waals surface area (Å²) in [6.07, 6.45) is -4.37. The Labute approximate surface area is 85.5 Å².